The molecule has 0 atom stereocenters. The van der Waals surface area contributed by atoms with Crippen molar-refractivity contribution in [3.8, 4) is 5.75 Å². The fourth-order valence-electron chi connectivity index (χ4n) is 1.34. The van der Waals surface area contributed by atoms with Crippen LogP contribution in [0.4, 0.5) is 3.89 Å². The van der Waals surface area contributed by atoms with Crippen LogP contribution in [-0.4, -0.2) is 15.0 Å². The second-order valence-corrected chi connectivity index (χ2v) is 4.76. The maximum atomic E-state index is 12.8. The molecule has 0 saturated heterocycles. The van der Waals surface area contributed by atoms with E-state index in [9.17, 15) is 12.3 Å². The molecule has 0 N–H and O–H groups in total. The van der Waals surface area contributed by atoms with Crippen molar-refractivity contribution in [2.24, 2.45) is 0 Å². The molecular formula is C11H15FO3S. The molecule has 0 fully saturated rings. The van der Waals surface area contributed by atoms with Gasteiger partial charge in [-0.1, -0.05) is 13.8 Å². The van der Waals surface area contributed by atoms with Crippen LogP contribution in [0.3, 0.4) is 0 Å². The van der Waals surface area contributed by atoms with Gasteiger partial charge in [0.25, 0.3) is 0 Å². The topological polar surface area (TPSA) is 43.4 Å². The molecule has 5 heteroatoms. The highest BCUT2D eigenvalue weighted by molar-refractivity contribution is 7.86. The van der Waals surface area contributed by atoms with Gasteiger partial charge in [0.1, 0.15) is 5.75 Å². The van der Waals surface area contributed by atoms with Crippen LogP contribution in [0.15, 0.2) is 23.1 Å². The second kappa shape index (κ2) is 5.30. The average molecular weight is 246 g/mol. The molecule has 0 aliphatic heterocycles. The van der Waals surface area contributed by atoms with E-state index in [1.165, 1.54) is 18.2 Å². The largest absolute Gasteiger partial charge is 0.493 e. The van der Waals surface area contributed by atoms with E-state index in [1.54, 1.807) is 0 Å². The summed E-state index contributed by atoms with van der Waals surface area (Å²) in [6.45, 7) is 4.41. The molecule has 0 amide bonds. The fourth-order valence-corrected chi connectivity index (χ4v) is 1.85. The van der Waals surface area contributed by atoms with Gasteiger partial charge in [0.15, 0.2) is 0 Å². The molecule has 1 aromatic carbocycles. The second-order valence-electron chi connectivity index (χ2n) is 3.41. The predicted molar refractivity (Wildman–Crippen MR) is 59.9 cm³/mol. The summed E-state index contributed by atoms with van der Waals surface area (Å²) in [5.74, 6) is 0.622. The van der Waals surface area contributed by atoms with Gasteiger partial charge in [-0.05, 0) is 36.6 Å². The van der Waals surface area contributed by atoms with Gasteiger partial charge in [-0.25, -0.2) is 0 Å². The highest BCUT2D eigenvalue weighted by Crippen LogP contribution is 2.24. The zero-order chi connectivity index (χ0) is 12.2. The third-order valence-corrected chi connectivity index (χ3v) is 2.97. The Labute approximate surface area is 95.5 Å². The Bertz CT molecular complexity index is 454. The number of aryl methyl sites for hydroxylation is 1. The van der Waals surface area contributed by atoms with E-state index < -0.39 is 10.2 Å². The molecule has 0 aliphatic rings. The monoisotopic (exact) mass is 246 g/mol. The molecular weight excluding hydrogens is 231 g/mol. The number of benzene rings is 1. The van der Waals surface area contributed by atoms with E-state index >= 15 is 0 Å². The van der Waals surface area contributed by atoms with Crippen molar-refractivity contribution >= 4 is 10.2 Å². The van der Waals surface area contributed by atoms with Gasteiger partial charge in [0.2, 0.25) is 0 Å². The van der Waals surface area contributed by atoms with E-state index in [4.69, 9.17) is 4.74 Å². The van der Waals surface area contributed by atoms with Crippen LogP contribution in [0.25, 0.3) is 0 Å². The third-order valence-electron chi connectivity index (χ3n) is 2.16. The number of hydrogen-bond donors (Lipinski definition) is 0. The summed E-state index contributed by atoms with van der Waals surface area (Å²) in [4.78, 5) is -0.312. The van der Waals surface area contributed by atoms with E-state index in [1.807, 2.05) is 13.8 Å². The van der Waals surface area contributed by atoms with Crippen molar-refractivity contribution in [3.05, 3.63) is 23.8 Å². The first kappa shape index (κ1) is 13.0. The molecule has 1 rings (SSSR count). The van der Waals surface area contributed by atoms with Crippen LogP contribution in [0.5, 0.6) is 5.75 Å². The Morgan fingerprint density at radius 1 is 1.31 bits per heavy atom. The number of ether oxygens (including phenoxy) is 1. The number of rotatable bonds is 5. The summed E-state index contributed by atoms with van der Waals surface area (Å²) >= 11 is 0. The van der Waals surface area contributed by atoms with Gasteiger partial charge in [-0.15, -0.1) is 3.89 Å². The van der Waals surface area contributed by atoms with Crippen molar-refractivity contribution in [2.75, 3.05) is 6.61 Å². The minimum Gasteiger partial charge on any atom is -0.493 e. The minimum atomic E-state index is -4.63. The molecule has 0 unspecified atom stereocenters. The molecule has 0 aromatic heterocycles. The van der Waals surface area contributed by atoms with Crippen LogP contribution in [0.1, 0.15) is 25.8 Å². The van der Waals surface area contributed by atoms with Crippen LogP contribution in [0.2, 0.25) is 0 Å². The zero-order valence-electron chi connectivity index (χ0n) is 9.36. The van der Waals surface area contributed by atoms with Crippen molar-refractivity contribution in [1.29, 1.82) is 0 Å². The fraction of sp³-hybridized carbons (Fsp3) is 0.455. The zero-order valence-corrected chi connectivity index (χ0v) is 10.2. The summed E-state index contributed by atoms with van der Waals surface area (Å²) in [6, 6.07) is 4.04. The number of hydrogen-bond acceptors (Lipinski definition) is 3. The van der Waals surface area contributed by atoms with Crippen molar-refractivity contribution < 1.29 is 17.0 Å². The third kappa shape index (κ3) is 3.20. The van der Waals surface area contributed by atoms with Crippen LogP contribution in [0, 0.1) is 0 Å². The molecule has 0 heterocycles. The molecule has 0 radical (unpaired) electrons. The molecule has 0 aliphatic carbocycles. The highest BCUT2D eigenvalue weighted by Gasteiger charge is 2.14. The summed E-state index contributed by atoms with van der Waals surface area (Å²) in [7, 11) is -4.63. The van der Waals surface area contributed by atoms with Gasteiger partial charge >= 0.3 is 10.2 Å². The first-order chi connectivity index (χ1) is 7.49. The van der Waals surface area contributed by atoms with Crippen molar-refractivity contribution in [2.45, 2.75) is 31.6 Å². The standard InChI is InChI=1S/C11H15FO3S/c1-3-7-15-11-6-5-10(16(12,13)14)8-9(11)4-2/h5-6,8H,3-4,7H2,1-2H3. The van der Waals surface area contributed by atoms with Gasteiger partial charge in [0.05, 0.1) is 11.5 Å². The number of halogens is 1. The van der Waals surface area contributed by atoms with E-state index in [0.29, 0.717) is 24.3 Å². The molecule has 1 aromatic rings. The van der Waals surface area contributed by atoms with Crippen LogP contribution >= 0.6 is 0 Å². The molecule has 3 nitrogen and oxygen atoms in total. The molecule has 0 spiro atoms. The van der Waals surface area contributed by atoms with Crippen LogP contribution in [-0.2, 0) is 16.6 Å². The Hall–Kier alpha value is -1.10. The average Bonchev–Trinajstić information content (AvgIpc) is 2.24. The summed E-state index contributed by atoms with van der Waals surface area (Å²) in [6.07, 6.45) is 1.47. The summed E-state index contributed by atoms with van der Waals surface area (Å²) in [5.41, 5.74) is 0.701. The smallest absolute Gasteiger partial charge is 0.332 e. The molecule has 0 bridgehead atoms. The molecule has 0 saturated carbocycles. The van der Waals surface area contributed by atoms with Gasteiger partial charge in [-0.2, -0.15) is 8.42 Å². The predicted octanol–water partition coefficient (Wildman–Crippen LogP) is 2.70. The Kier molecular flexibility index (Phi) is 4.29. The van der Waals surface area contributed by atoms with E-state index in [-0.39, 0.29) is 4.90 Å². The lowest BCUT2D eigenvalue weighted by molar-refractivity contribution is 0.314. The lowest BCUT2D eigenvalue weighted by Crippen LogP contribution is -2.00. The Morgan fingerprint density at radius 3 is 2.50 bits per heavy atom. The maximum Gasteiger partial charge on any atom is 0.332 e. The lowest BCUT2D eigenvalue weighted by atomic mass is 10.1. The van der Waals surface area contributed by atoms with E-state index in [2.05, 4.69) is 0 Å². The first-order valence-electron chi connectivity index (χ1n) is 5.19. The molecule has 16 heavy (non-hydrogen) atoms. The van der Waals surface area contributed by atoms with Gasteiger partial charge in [-0.3, -0.25) is 0 Å². The van der Waals surface area contributed by atoms with Crippen molar-refractivity contribution in [1.82, 2.24) is 0 Å². The van der Waals surface area contributed by atoms with Gasteiger partial charge in [0, 0.05) is 0 Å². The lowest BCUT2D eigenvalue weighted by Gasteiger charge is -2.10. The summed E-state index contributed by atoms with van der Waals surface area (Å²) < 4.78 is 39.6. The Balaban J connectivity index is 3.07. The van der Waals surface area contributed by atoms with Gasteiger partial charge < -0.3 is 4.74 Å². The normalized spacial score (nSPS) is 11.4. The summed E-state index contributed by atoms with van der Waals surface area (Å²) in [5, 5.41) is 0. The quantitative estimate of drug-likeness (QED) is 0.750. The molecule has 90 valence electrons. The first-order valence-corrected chi connectivity index (χ1v) is 6.57. The van der Waals surface area contributed by atoms with E-state index in [0.717, 1.165) is 6.42 Å². The highest BCUT2D eigenvalue weighted by atomic mass is 32.3. The Morgan fingerprint density at radius 2 is 2.00 bits per heavy atom. The SMILES string of the molecule is CCCOc1ccc(S(=O)(=O)F)cc1CC. The maximum absolute atomic E-state index is 12.8. The van der Waals surface area contributed by atoms with Crippen molar-refractivity contribution in [3.63, 3.8) is 0 Å². The minimum absolute atomic E-state index is 0.312. The van der Waals surface area contributed by atoms with Crippen LogP contribution < -0.4 is 4.74 Å².